The van der Waals surface area contributed by atoms with E-state index >= 15 is 0 Å². The van der Waals surface area contributed by atoms with Crippen molar-refractivity contribution in [1.29, 1.82) is 5.26 Å². The third-order valence-electron chi connectivity index (χ3n) is 1.96. The molecule has 1 heterocycles. The number of alkyl halides is 3. The lowest BCUT2D eigenvalue weighted by Gasteiger charge is -2.11. The molecular weight excluding hydrogens is 268 g/mol. The minimum Gasteiger partial charge on any atom is -0.397 e. The van der Waals surface area contributed by atoms with Crippen LogP contribution in [0.1, 0.15) is 23.2 Å². The maximum atomic E-state index is 12.6. The minimum atomic E-state index is -2.66. The smallest absolute Gasteiger partial charge is 0.280 e. The molecule has 0 spiro atoms. The van der Waals surface area contributed by atoms with Gasteiger partial charge >= 0.3 is 0 Å². The Balaban J connectivity index is 3.34. The van der Waals surface area contributed by atoms with Crippen molar-refractivity contribution in [3.05, 3.63) is 23.0 Å². The van der Waals surface area contributed by atoms with E-state index < -0.39 is 6.43 Å². The highest BCUT2D eigenvalue weighted by Gasteiger charge is 2.18. The number of hydrogen-bond donors (Lipinski definition) is 1. The van der Waals surface area contributed by atoms with Gasteiger partial charge in [-0.3, -0.25) is 4.98 Å². The van der Waals surface area contributed by atoms with Gasteiger partial charge in [0.05, 0.1) is 24.4 Å². The summed E-state index contributed by atoms with van der Waals surface area (Å²) in [6, 6.07) is 1.89. The molecule has 0 saturated heterocycles. The van der Waals surface area contributed by atoms with Crippen LogP contribution in [0.4, 0.5) is 14.5 Å². The number of halogens is 3. The van der Waals surface area contributed by atoms with Crippen LogP contribution in [0.2, 0.25) is 0 Å². The number of hydrogen-bond acceptors (Lipinski definition) is 3. The molecule has 0 aliphatic carbocycles. The van der Waals surface area contributed by atoms with E-state index in [0.29, 0.717) is 11.1 Å². The van der Waals surface area contributed by atoms with E-state index in [1.165, 1.54) is 6.20 Å². The Bertz CT molecular complexity index is 401. The van der Waals surface area contributed by atoms with Crippen LogP contribution >= 0.6 is 15.9 Å². The number of nitrogen functional groups attached to an aromatic ring is 1. The molecule has 15 heavy (non-hydrogen) atoms. The van der Waals surface area contributed by atoms with Gasteiger partial charge in [-0.25, -0.2) is 8.78 Å². The number of rotatable bonds is 3. The van der Waals surface area contributed by atoms with Crippen LogP contribution in [-0.4, -0.2) is 4.98 Å². The second kappa shape index (κ2) is 5.03. The first-order valence-electron chi connectivity index (χ1n) is 4.09. The summed E-state index contributed by atoms with van der Waals surface area (Å²) in [5.41, 5.74) is 6.27. The molecule has 0 fully saturated rings. The Hall–Kier alpha value is -1.22. The zero-order chi connectivity index (χ0) is 11.4. The molecule has 80 valence electrons. The molecule has 3 nitrogen and oxygen atoms in total. The first-order valence-corrected chi connectivity index (χ1v) is 5.21. The predicted octanol–water partition coefficient (Wildman–Crippen LogP) is 2.56. The molecule has 0 unspecified atom stereocenters. The van der Waals surface area contributed by atoms with Crippen molar-refractivity contribution in [2.24, 2.45) is 0 Å². The predicted molar refractivity (Wildman–Crippen MR) is 55.6 cm³/mol. The molecule has 1 aromatic rings. The van der Waals surface area contributed by atoms with Crippen molar-refractivity contribution in [3.8, 4) is 6.07 Å². The summed E-state index contributed by atoms with van der Waals surface area (Å²) in [6.07, 6.45) is -1.48. The standard InChI is InChI=1S/C9H8BrF2N3/c10-3-6-5(1-2-13)7(14)4-15-8(6)9(11)12/h4,9H,1,3,14H2. The topological polar surface area (TPSA) is 62.7 Å². The van der Waals surface area contributed by atoms with Crippen molar-refractivity contribution < 1.29 is 8.78 Å². The van der Waals surface area contributed by atoms with Crippen molar-refractivity contribution in [2.75, 3.05) is 5.73 Å². The molecule has 0 bridgehead atoms. The molecule has 0 atom stereocenters. The molecular formula is C9H8BrF2N3. The van der Waals surface area contributed by atoms with Gasteiger partial charge in [0.25, 0.3) is 6.43 Å². The second-order valence-electron chi connectivity index (χ2n) is 2.83. The highest BCUT2D eigenvalue weighted by Crippen LogP contribution is 2.28. The van der Waals surface area contributed by atoms with E-state index in [9.17, 15) is 8.78 Å². The normalized spacial score (nSPS) is 10.3. The summed E-state index contributed by atoms with van der Waals surface area (Å²) in [4.78, 5) is 3.58. The van der Waals surface area contributed by atoms with Crippen LogP contribution in [0.15, 0.2) is 6.20 Å². The van der Waals surface area contributed by atoms with E-state index in [1.807, 2.05) is 6.07 Å². The van der Waals surface area contributed by atoms with Crippen LogP contribution < -0.4 is 5.73 Å². The molecule has 0 aromatic carbocycles. The first-order chi connectivity index (χ1) is 7.11. The van der Waals surface area contributed by atoms with Crippen LogP contribution in [0.25, 0.3) is 0 Å². The van der Waals surface area contributed by atoms with Crippen molar-refractivity contribution in [1.82, 2.24) is 4.98 Å². The second-order valence-corrected chi connectivity index (χ2v) is 3.39. The number of anilines is 1. The largest absolute Gasteiger partial charge is 0.397 e. The lowest BCUT2D eigenvalue weighted by Crippen LogP contribution is -2.05. The SMILES string of the molecule is N#CCc1c(N)cnc(C(F)F)c1CBr. The highest BCUT2D eigenvalue weighted by atomic mass is 79.9. The lowest BCUT2D eigenvalue weighted by molar-refractivity contribution is 0.145. The third-order valence-corrected chi connectivity index (χ3v) is 2.52. The molecule has 0 amide bonds. The van der Waals surface area contributed by atoms with Crippen molar-refractivity contribution >= 4 is 21.6 Å². The molecule has 0 saturated carbocycles. The molecule has 1 aromatic heterocycles. The zero-order valence-electron chi connectivity index (χ0n) is 7.67. The minimum absolute atomic E-state index is 0.00894. The fourth-order valence-electron chi connectivity index (χ4n) is 1.25. The molecule has 2 N–H and O–H groups in total. The number of pyridine rings is 1. The number of nitrogens with two attached hydrogens (primary N) is 1. The summed E-state index contributed by atoms with van der Waals surface area (Å²) in [5, 5.41) is 8.77. The van der Waals surface area contributed by atoms with Gasteiger partial charge in [0.1, 0.15) is 5.69 Å². The average Bonchev–Trinajstić information content (AvgIpc) is 2.20. The molecule has 6 heteroatoms. The van der Waals surface area contributed by atoms with Gasteiger partial charge in [0, 0.05) is 5.33 Å². The van der Waals surface area contributed by atoms with Gasteiger partial charge in [0.2, 0.25) is 0 Å². The van der Waals surface area contributed by atoms with Crippen molar-refractivity contribution in [2.45, 2.75) is 18.2 Å². The summed E-state index contributed by atoms with van der Waals surface area (Å²) >= 11 is 3.09. The maximum Gasteiger partial charge on any atom is 0.280 e. The van der Waals surface area contributed by atoms with Crippen LogP contribution in [-0.2, 0) is 11.8 Å². The van der Waals surface area contributed by atoms with E-state index in [-0.39, 0.29) is 23.1 Å². The Labute approximate surface area is 94.0 Å². The lowest BCUT2D eigenvalue weighted by atomic mass is 10.0. The van der Waals surface area contributed by atoms with Gasteiger partial charge in [-0.05, 0) is 11.1 Å². The van der Waals surface area contributed by atoms with Crippen LogP contribution in [0, 0.1) is 11.3 Å². The van der Waals surface area contributed by atoms with Gasteiger partial charge < -0.3 is 5.73 Å². The summed E-state index contributed by atoms with van der Waals surface area (Å²) < 4.78 is 25.1. The molecule has 0 aliphatic rings. The van der Waals surface area contributed by atoms with E-state index in [2.05, 4.69) is 20.9 Å². The Morgan fingerprint density at radius 3 is 2.67 bits per heavy atom. The number of aromatic nitrogens is 1. The third kappa shape index (κ3) is 2.42. The van der Waals surface area contributed by atoms with Gasteiger partial charge in [-0.1, -0.05) is 15.9 Å². The average molecular weight is 276 g/mol. The van der Waals surface area contributed by atoms with Gasteiger partial charge in [0.15, 0.2) is 0 Å². The maximum absolute atomic E-state index is 12.6. The number of nitrogens with zero attached hydrogens (tertiary/aromatic N) is 2. The summed E-state index contributed by atoms with van der Waals surface area (Å²) in [7, 11) is 0. The van der Waals surface area contributed by atoms with E-state index in [1.54, 1.807) is 0 Å². The van der Waals surface area contributed by atoms with Gasteiger partial charge in [-0.2, -0.15) is 5.26 Å². The Morgan fingerprint density at radius 2 is 2.20 bits per heavy atom. The van der Waals surface area contributed by atoms with Gasteiger partial charge in [-0.15, -0.1) is 0 Å². The van der Waals surface area contributed by atoms with E-state index in [4.69, 9.17) is 11.0 Å². The number of nitriles is 1. The quantitative estimate of drug-likeness (QED) is 0.863. The fraction of sp³-hybridized carbons (Fsp3) is 0.333. The Kier molecular flexibility index (Phi) is 3.97. The summed E-state index contributed by atoms with van der Waals surface area (Å²) in [5.74, 6) is 0. The molecule has 0 aliphatic heterocycles. The fourth-order valence-corrected chi connectivity index (χ4v) is 1.87. The highest BCUT2D eigenvalue weighted by molar-refractivity contribution is 9.08. The Morgan fingerprint density at radius 1 is 1.53 bits per heavy atom. The monoisotopic (exact) mass is 275 g/mol. The van der Waals surface area contributed by atoms with E-state index in [0.717, 1.165) is 0 Å². The van der Waals surface area contributed by atoms with Crippen LogP contribution in [0.3, 0.4) is 0 Å². The van der Waals surface area contributed by atoms with Crippen molar-refractivity contribution in [3.63, 3.8) is 0 Å². The molecule has 1 rings (SSSR count). The first kappa shape index (κ1) is 11.9. The van der Waals surface area contributed by atoms with Crippen LogP contribution in [0.5, 0.6) is 0 Å². The summed E-state index contributed by atoms with van der Waals surface area (Å²) in [6.45, 7) is 0. The molecule has 0 radical (unpaired) electrons. The zero-order valence-corrected chi connectivity index (χ0v) is 9.26.